The number of hydrogen-bond donors (Lipinski definition) is 1. The Morgan fingerprint density at radius 1 is 1.19 bits per heavy atom. The SMILES string of the molecule is CCN(CC)c1ccc(NC(=O)c2c(C)nc3ccc(Br)cn23)c(C)c1. The minimum absolute atomic E-state index is 0.160. The van der Waals surface area contributed by atoms with Crippen molar-refractivity contribution in [1.29, 1.82) is 0 Å². The van der Waals surface area contributed by atoms with Crippen molar-refractivity contribution in [3.63, 3.8) is 0 Å². The van der Waals surface area contributed by atoms with Gasteiger partial charge in [0.05, 0.1) is 5.69 Å². The average Bonchev–Trinajstić information content (AvgIpc) is 2.93. The molecule has 5 nitrogen and oxygen atoms in total. The van der Waals surface area contributed by atoms with Gasteiger partial charge in [0.1, 0.15) is 11.3 Å². The maximum atomic E-state index is 12.9. The molecule has 3 aromatic rings. The van der Waals surface area contributed by atoms with Crippen LogP contribution in [-0.2, 0) is 0 Å². The Labute approximate surface area is 162 Å². The van der Waals surface area contributed by atoms with Gasteiger partial charge >= 0.3 is 0 Å². The van der Waals surface area contributed by atoms with Gasteiger partial charge in [-0.25, -0.2) is 4.98 Å². The summed E-state index contributed by atoms with van der Waals surface area (Å²) in [7, 11) is 0. The smallest absolute Gasteiger partial charge is 0.274 e. The molecule has 0 saturated carbocycles. The fourth-order valence-corrected chi connectivity index (χ4v) is 3.50. The summed E-state index contributed by atoms with van der Waals surface area (Å²) >= 11 is 3.45. The van der Waals surface area contributed by atoms with E-state index in [9.17, 15) is 4.79 Å². The molecule has 0 aliphatic heterocycles. The van der Waals surface area contributed by atoms with Gasteiger partial charge in [-0.15, -0.1) is 0 Å². The van der Waals surface area contributed by atoms with E-state index in [2.05, 4.69) is 51.0 Å². The lowest BCUT2D eigenvalue weighted by molar-refractivity contribution is 0.102. The number of carbonyl (C=O) groups is 1. The molecule has 0 fully saturated rings. The minimum Gasteiger partial charge on any atom is -0.372 e. The van der Waals surface area contributed by atoms with Gasteiger partial charge in [0.2, 0.25) is 0 Å². The van der Waals surface area contributed by atoms with Crippen LogP contribution in [0, 0.1) is 13.8 Å². The number of aryl methyl sites for hydroxylation is 2. The van der Waals surface area contributed by atoms with E-state index in [0.29, 0.717) is 11.4 Å². The molecule has 1 aromatic carbocycles. The highest BCUT2D eigenvalue weighted by Crippen LogP contribution is 2.24. The lowest BCUT2D eigenvalue weighted by atomic mass is 10.1. The van der Waals surface area contributed by atoms with Crippen molar-refractivity contribution < 1.29 is 4.79 Å². The van der Waals surface area contributed by atoms with Crippen molar-refractivity contribution in [2.75, 3.05) is 23.3 Å². The summed E-state index contributed by atoms with van der Waals surface area (Å²) in [5.74, 6) is -0.160. The average molecular weight is 415 g/mol. The zero-order chi connectivity index (χ0) is 18.8. The third-order valence-corrected chi connectivity index (χ3v) is 5.03. The molecule has 0 bridgehead atoms. The lowest BCUT2D eigenvalue weighted by Crippen LogP contribution is -2.22. The first-order valence-corrected chi connectivity index (χ1v) is 9.55. The summed E-state index contributed by atoms with van der Waals surface area (Å²) < 4.78 is 2.71. The number of aromatic nitrogens is 2. The first-order chi connectivity index (χ1) is 12.4. The fraction of sp³-hybridized carbons (Fsp3) is 0.300. The Kier molecular flexibility index (Phi) is 5.32. The standard InChI is InChI=1S/C20H23BrN4O/c1-5-24(6-2)16-8-9-17(13(3)11-16)23-20(26)19-14(4)22-18-10-7-15(21)12-25(18)19/h7-12H,5-6H2,1-4H3,(H,23,26). The van der Waals surface area contributed by atoms with Crippen molar-refractivity contribution in [3.8, 4) is 0 Å². The van der Waals surface area contributed by atoms with Crippen LogP contribution < -0.4 is 10.2 Å². The van der Waals surface area contributed by atoms with Crippen LogP contribution in [0.15, 0.2) is 41.0 Å². The van der Waals surface area contributed by atoms with E-state index in [4.69, 9.17) is 0 Å². The van der Waals surface area contributed by atoms with E-state index in [0.717, 1.165) is 34.5 Å². The number of hydrogen-bond acceptors (Lipinski definition) is 3. The molecular weight excluding hydrogens is 392 g/mol. The van der Waals surface area contributed by atoms with Crippen LogP contribution in [0.2, 0.25) is 0 Å². The summed E-state index contributed by atoms with van der Waals surface area (Å²) in [5.41, 5.74) is 5.03. The van der Waals surface area contributed by atoms with Crippen molar-refractivity contribution >= 4 is 38.9 Å². The van der Waals surface area contributed by atoms with Crippen molar-refractivity contribution in [2.45, 2.75) is 27.7 Å². The van der Waals surface area contributed by atoms with Gasteiger partial charge in [-0.2, -0.15) is 0 Å². The van der Waals surface area contributed by atoms with E-state index in [1.807, 2.05) is 48.7 Å². The highest BCUT2D eigenvalue weighted by molar-refractivity contribution is 9.10. The third kappa shape index (κ3) is 3.46. The van der Waals surface area contributed by atoms with Gasteiger partial charge < -0.3 is 10.2 Å². The second-order valence-electron chi connectivity index (χ2n) is 6.25. The minimum atomic E-state index is -0.160. The number of amides is 1. The number of pyridine rings is 1. The Balaban J connectivity index is 1.91. The normalized spacial score (nSPS) is 11.0. The summed E-state index contributed by atoms with van der Waals surface area (Å²) in [4.78, 5) is 19.7. The molecule has 1 amide bonds. The lowest BCUT2D eigenvalue weighted by Gasteiger charge is -2.22. The topological polar surface area (TPSA) is 49.6 Å². The zero-order valence-electron chi connectivity index (χ0n) is 15.5. The first kappa shape index (κ1) is 18.5. The summed E-state index contributed by atoms with van der Waals surface area (Å²) in [5, 5.41) is 3.03. The molecule has 136 valence electrons. The van der Waals surface area contributed by atoms with Crippen molar-refractivity contribution in [1.82, 2.24) is 9.38 Å². The molecule has 6 heteroatoms. The number of halogens is 1. The van der Waals surface area contributed by atoms with Gasteiger partial charge in [0, 0.05) is 35.1 Å². The van der Waals surface area contributed by atoms with Gasteiger partial charge in [-0.1, -0.05) is 0 Å². The van der Waals surface area contributed by atoms with E-state index >= 15 is 0 Å². The van der Waals surface area contributed by atoms with Gasteiger partial charge in [-0.3, -0.25) is 9.20 Å². The predicted octanol–water partition coefficient (Wildman–Crippen LogP) is 4.81. The summed E-state index contributed by atoms with van der Waals surface area (Å²) in [6.45, 7) is 10.1. The molecule has 0 unspecified atom stereocenters. The molecule has 0 atom stereocenters. The fourth-order valence-electron chi connectivity index (χ4n) is 3.17. The number of carbonyl (C=O) groups excluding carboxylic acids is 1. The maximum Gasteiger partial charge on any atom is 0.274 e. The molecule has 0 saturated heterocycles. The molecule has 2 aromatic heterocycles. The second kappa shape index (κ2) is 7.50. The molecular formula is C20H23BrN4O. The van der Waals surface area contributed by atoms with E-state index in [1.54, 1.807) is 0 Å². The molecule has 2 heterocycles. The van der Waals surface area contributed by atoms with Gasteiger partial charge in [0.25, 0.3) is 5.91 Å². The number of anilines is 2. The first-order valence-electron chi connectivity index (χ1n) is 8.75. The molecule has 0 radical (unpaired) electrons. The van der Waals surface area contributed by atoms with E-state index < -0.39 is 0 Å². The quantitative estimate of drug-likeness (QED) is 0.651. The number of nitrogens with zero attached hydrogens (tertiary/aromatic N) is 3. The van der Waals surface area contributed by atoms with Crippen LogP contribution in [0.3, 0.4) is 0 Å². The number of rotatable bonds is 5. The van der Waals surface area contributed by atoms with Crippen LogP contribution >= 0.6 is 15.9 Å². The van der Waals surface area contributed by atoms with Crippen molar-refractivity contribution in [2.24, 2.45) is 0 Å². The summed E-state index contributed by atoms with van der Waals surface area (Å²) in [6, 6.07) is 9.93. The zero-order valence-corrected chi connectivity index (χ0v) is 17.1. The Bertz CT molecular complexity index is 960. The predicted molar refractivity (Wildman–Crippen MR) is 110 cm³/mol. The number of fused-ring (bicyclic) bond motifs is 1. The molecule has 26 heavy (non-hydrogen) atoms. The number of nitrogens with one attached hydrogen (secondary N) is 1. The molecule has 1 N–H and O–H groups in total. The van der Waals surface area contributed by atoms with Gasteiger partial charge in [-0.05, 0) is 79.5 Å². The molecule has 0 spiro atoms. The Hall–Kier alpha value is -2.34. The highest BCUT2D eigenvalue weighted by atomic mass is 79.9. The van der Waals surface area contributed by atoms with Crippen LogP contribution in [0.5, 0.6) is 0 Å². The third-order valence-electron chi connectivity index (χ3n) is 4.56. The van der Waals surface area contributed by atoms with Crippen LogP contribution in [0.4, 0.5) is 11.4 Å². The number of imidazole rings is 1. The molecule has 0 aliphatic rings. The Morgan fingerprint density at radius 3 is 2.58 bits per heavy atom. The molecule has 3 rings (SSSR count). The molecule has 0 aliphatic carbocycles. The monoisotopic (exact) mass is 414 g/mol. The van der Waals surface area contributed by atoms with E-state index in [-0.39, 0.29) is 5.91 Å². The Morgan fingerprint density at radius 2 is 1.92 bits per heavy atom. The maximum absolute atomic E-state index is 12.9. The second-order valence-corrected chi connectivity index (χ2v) is 7.16. The van der Waals surface area contributed by atoms with Crippen LogP contribution in [0.1, 0.15) is 35.6 Å². The summed E-state index contributed by atoms with van der Waals surface area (Å²) in [6.07, 6.45) is 1.86. The van der Waals surface area contributed by atoms with Crippen LogP contribution in [0.25, 0.3) is 5.65 Å². The van der Waals surface area contributed by atoms with Crippen molar-refractivity contribution in [3.05, 3.63) is 58.0 Å². The largest absolute Gasteiger partial charge is 0.372 e. The van der Waals surface area contributed by atoms with Crippen LogP contribution in [-0.4, -0.2) is 28.4 Å². The highest BCUT2D eigenvalue weighted by Gasteiger charge is 2.18. The number of benzene rings is 1. The van der Waals surface area contributed by atoms with Gasteiger partial charge in [0.15, 0.2) is 0 Å². The van der Waals surface area contributed by atoms with E-state index in [1.165, 1.54) is 5.69 Å².